The van der Waals surface area contributed by atoms with Crippen LogP contribution in [-0.4, -0.2) is 21.1 Å². The van der Waals surface area contributed by atoms with Crippen molar-refractivity contribution in [3.8, 4) is 0 Å². The Balaban J connectivity index is 1.92. The first-order valence-corrected chi connectivity index (χ1v) is 9.78. The minimum atomic E-state index is -0.0983. The van der Waals surface area contributed by atoms with Gasteiger partial charge in [-0.2, -0.15) is 0 Å². The highest BCUT2D eigenvalue weighted by Gasteiger charge is 2.14. The van der Waals surface area contributed by atoms with Crippen LogP contribution in [0.3, 0.4) is 0 Å². The van der Waals surface area contributed by atoms with Crippen LogP contribution in [0.2, 0.25) is 5.02 Å². The van der Waals surface area contributed by atoms with Crippen molar-refractivity contribution in [2.24, 2.45) is 0 Å². The lowest BCUT2D eigenvalue weighted by Crippen LogP contribution is -2.23. The van der Waals surface area contributed by atoms with Crippen molar-refractivity contribution in [1.29, 1.82) is 0 Å². The van der Waals surface area contributed by atoms with Gasteiger partial charge in [0.1, 0.15) is 0 Å². The van der Waals surface area contributed by atoms with Gasteiger partial charge < -0.3 is 0 Å². The summed E-state index contributed by atoms with van der Waals surface area (Å²) in [6.07, 6.45) is 0.806. The highest BCUT2D eigenvalue weighted by molar-refractivity contribution is 7.99. The highest BCUT2D eigenvalue weighted by atomic mass is 35.5. The summed E-state index contributed by atoms with van der Waals surface area (Å²) in [5, 5.41) is 1.62. The molecular formula is C20H19ClN2O2S. The zero-order valence-corrected chi connectivity index (χ0v) is 16.2. The highest BCUT2D eigenvalue weighted by Crippen LogP contribution is 2.21. The standard InChI is InChI=1S/C20H19ClN2O2S/c1-3-10-23-19(25)16-9-8-15(21)11-17(16)22-20(23)26-12-18(24)14-6-4-13(2)5-7-14/h4-9,11H,3,10,12H2,1-2H3. The van der Waals surface area contributed by atoms with E-state index >= 15 is 0 Å². The molecular weight excluding hydrogens is 368 g/mol. The topological polar surface area (TPSA) is 52.0 Å². The van der Waals surface area contributed by atoms with Crippen molar-refractivity contribution in [1.82, 2.24) is 9.55 Å². The Kier molecular flexibility index (Phi) is 5.79. The maximum Gasteiger partial charge on any atom is 0.262 e. The summed E-state index contributed by atoms with van der Waals surface area (Å²) in [6, 6.07) is 12.6. The number of thioether (sulfide) groups is 1. The zero-order chi connectivity index (χ0) is 18.7. The summed E-state index contributed by atoms with van der Waals surface area (Å²) in [5.41, 5.74) is 2.23. The largest absolute Gasteiger partial charge is 0.293 e. The number of Topliss-reactive ketones (excluding diaryl/α,β-unsaturated/α-hetero) is 1. The summed E-state index contributed by atoms with van der Waals surface area (Å²) in [6.45, 7) is 4.55. The van der Waals surface area contributed by atoms with E-state index in [1.54, 1.807) is 22.8 Å². The van der Waals surface area contributed by atoms with E-state index in [0.717, 1.165) is 12.0 Å². The van der Waals surface area contributed by atoms with Gasteiger partial charge in [0.05, 0.1) is 16.7 Å². The molecule has 0 fully saturated rings. The van der Waals surface area contributed by atoms with Crippen LogP contribution in [0.1, 0.15) is 29.3 Å². The first kappa shape index (κ1) is 18.7. The second-order valence-corrected chi connectivity index (χ2v) is 7.47. The fraction of sp³-hybridized carbons (Fsp3) is 0.250. The van der Waals surface area contributed by atoms with Gasteiger partial charge in [-0.25, -0.2) is 4.98 Å². The Morgan fingerprint density at radius 2 is 1.92 bits per heavy atom. The molecule has 0 saturated heterocycles. The van der Waals surface area contributed by atoms with E-state index in [1.807, 2.05) is 38.1 Å². The molecule has 0 spiro atoms. The molecule has 4 nitrogen and oxygen atoms in total. The van der Waals surface area contributed by atoms with Crippen LogP contribution in [0.5, 0.6) is 0 Å². The molecule has 1 heterocycles. The summed E-state index contributed by atoms with van der Waals surface area (Å²) in [5.74, 6) is 0.240. The number of aromatic nitrogens is 2. The van der Waals surface area contributed by atoms with Crippen LogP contribution in [0.4, 0.5) is 0 Å². The van der Waals surface area contributed by atoms with Gasteiger partial charge in [0, 0.05) is 17.1 Å². The first-order chi connectivity index (χ1) is 12.5. The van der Waals surface area contributed by atoms with Gasteiger partial charge in [-0.05, 0) is 31.5 Å². The zero-order valence-electron chi connectivity index (χ0n) is 14.7. The molecule has 0 aliphatic rings. The van der Waals surface area contributed by atoms with Crippen LogP contribution in [0.25, 0.3) is 10.9 Å². The fourth-order valence-electron chi connectivity index (χ4n) is 2.66. The Morgan fingerprint density at radius 1 is 1.19 bits per heavy atom. The number of rotatable bonds is 6. The molecule has 0 saturated carbocycles. The number of carbonyl (C=O) groups is 1. The second-order valence-electron chi connectivity index (χ2n) is 6.09. The van der Waals surface area contributed by atoms with E-state index in [-0.39, 0.29) is 17.1 Å². The number of hydrogen-bond donors (Lipinski definition) is 0. The van der Waals surface area contributed by atoms with Gasteiger partial charge in [0.2, 0.25) is 0 Å². The summed E-state index contributed by atoms with van der Waals surface area (Å²) < 4.78 is 1.64. The summed E-state index contributed by atoms with van der Waals surface area (Å²) in [7, 11) is 0. The van der Waals surface area contributed by atoms with Crippen molar-refractivity contribution >= 4 is 40.0 Å². The van der Waals surface area contributed by atoms with Crippen molar-refractivity contribution in [2.45, 2.75) is 32.0 Å². The second kappa shape index (κ2) is 8.06. The van der Waals surface area contributed by atoms with E-state index in [2.05, 4.69) is 4.98 Å². The third kappa shape index (κ3) is 4.00. The number of carbonyl (C=O) groups excluding carboxylic acids is 1. The predicted octanol–water partition coefficient (Wildman–Crippen LogP) is 4.74. The van der Waals surface area contributed by atoms with E-state index < -0.39 is 0 Å². The molecule has 0 unspecified atom stereocenters. The molecule has 1 aromatic heterocycles. The molecule has 0 amide bonds. The number of aryl methyl sites for hydroxylation is 1. The Bertz CT molecular complexity index is 1010. The molecule has 0 atom stereocenters. The normalized spacial score (nSPS) is 11.0. The Labute approximate surface area is 161 Å². The quantitative estimate of drug-likeness (QED) is 0.348. The average molecular weight is 387 g/mol. The number of benzene rings is 2. The van der Waals surface area contributed by atoms with Crippen LogP contribution < -0.4 is 5.56 Å². The lowest BCUT2D eigenvalue weighted by molar-refractivity contribution is 0.102. The van der Waals surface area contributed by atoms with Gasteiger partial charge in [0.25, 0.3) is 5.56 Å². The minimum Gasteiger partial charge on any atom is -0.293 e. The molecule has 0 radical (unpaired) electrons. The molecule has 0 aliphatic carbocycles. The van der Waals surface area contributed by atoms with E-state index in [1.165, 1.54) is 11.8 Å². The molecule has 3 rings (SSSR count). The van der Waals surface area contributed by atoms with Gasteiger partial charge in [-0.1, -0.05) is 60.1 Å². The maximum absolute atomic E-state index is 12.8. The van der Waals surface area contributed by atoms with Crippen LogP contribution in [0, 0.1) is 6.92 Å². The number of ketones is 1. The van der Waals surface area contributed by atoms with Crippen molar-refractivity contribution in [3.05, 3.63) is 69.0 Å². The Hall–Kier alpha value is -2.11. The lowest BCUT2D eigenvalue weighted by atomic mass is 10.1. The average Bonchev–Trinajstić information content (AvgIpc) is 2.62. The van der Waals surface area contributed by atoms with Gasteiger partial charge in [0.15, 0.2) is 10.9 Å². The molecule has 26 heavy (non-hydrogen) atoms. The molecule has 134 valence electrons. The molecule has 6 heteroatoms. The minimum absolute atomic E-state index is 0.0125. The Morgan fingerprint density at radius 3 is 2.62 bits per heavy atom. The molecule has 2 aromatic carbocycles. The van der Waals surface area contributed by atoms with Crippen LogP contribution >= 0.6 is 23.4 Å². The lowest BCUT2D eigenvalue weighted by Gasteiger charge is -2.12. The number of nitrogens with zero attached hydrogens (tertiary/aromatic N) is 2. The summed E-state index contributed by atoms with van der Waals surface area (Å²) in [4.78, 5) is 29.8. The number of fused-ring (bicyclic) bond motifs is 1. The predicted molar refractivity (Wildman–Crippen MR) is 108 cm³/mol. The summed E-state index contributed by atoms with van der Waals surface area (Å²) >= 11 is 7.32. The van der Waals surface area contributed by atoms with Gasteiger partial charge >= 0.3 is 0 Å². The first-order valence-electron chi connectivity index (χ1n) is 8.42. The van der Waals surface area contributed by atoms with Gasteiger partial charge in [-0.15, -0.1) is 0 Å². The maximum atomic E-state index is 12.8. The van der Waals surface area contributed by atoms with Crippen LogP contribution in [-0.2, 0) is 6.54 Å². The SMILES string of the molecule is CCCn1c(SCC(=O)c2ccc(C)cc2)nc2cc(Cl)ccc2c1=O. The van der Waals surface area contributed by atoms with Crippen molar-refractivity contribution < 1.29 is 4.79 Å². The number of halogens is 1. The van der Waals surface area contributed by atoms with E-state index in [9.17, 15) is 9.59 Å². The molecule has 3 aromatic rings. The third-order valence-electron chi connectivity index (χ3n) is 4.04. The van der Waals surface area contributed by atoms with Crippen LogP contribution in [0.15, 0.2) is 52.4 Å². The van der Waals surface area contributed by atoms with E-state index in [4.69, 9.17) is 11.6 Å². The molecule has 0 aliphatic heterocycles. The fourth-order valence-corrected chi connectivity index (χ4v) is 3.74. The van der Waals surface area contributed by atoms with Crippen molar-refractivity contribution in [2.75, 3.05) is 5.75 Å². The molecule has 0 N–H and O–H groups in total. The van der Waals surface area contributed by atoms with E-state index in [0.29, 0.717) is 33.2 Å². The monoisotopic (exact) mass is 386 g/mol. The number of hydrogen-bond acceptors (Lipinski definition) is 4. The smallest absolute Gasteiger partial charge is 0.262 e. The third-order valence-corrected chi connectivity index (χ3v) is 5.25. The van der Waals surface area contributed by atoms with Crippen molar-refractivity contribution in [3.63, 3.8) is 0 Å². The molecule has 0 bridgehead atoms. The van der Waals surface area contributed by atoms with Gasteiger partial charge in [-0.3, -0.25) is 14.2 Å².